The van der Waals surface area contributed by atoms with E-state index in [1.165, 1.54) is 0 Å². The Labute approximate surface area is 125 Å². The van der Waals surface area contributed by atoms with Crippen molar-refractivity contribution in [3.63, 3.8) is 0 Å². The number of amides is 1. The first-order valence-electron chi connectivity index (χ1n) is 5.56. The summed E-state index contributed by atoms with van der Waals surface area (Å²) in [5.74, 6) is -11.0. The van der Waals surface area contributed by atoms with Crippen LogP contribution in [0, 0.1) is 29.1 Å². The Bertz CT molecular complexity index is 660. The molecule has 1 aromatic carbocycles. The van der Waals surface area contributed by atoms with Crippen molar-refractivity contribution in [2.45, 2.75) is 6.92 Å². The molecule has 0 radical (unpaired) electrons. The van der Waals surface area contributed by atoms with Crippen LogP contribution in [0.25, 0.3) is 6.08 Å². The number of nitrogens with zero attached hydrogens (tertiary/aromatic N) is 1. The number of hydrogen-bond acceptors (Lipinski definition) is 3. The van der Waals surface area contributed by atoms with Crippen LogP contribution in [0.2, 0.25) is 0 Å². The maximum absolute atomic E-state index is 13.5. The molecule has 0 N–H and O–H groups in total. The van der Waals surface area contributed by atoms with E-state index in [1.54, 1.807) is 6.92 Å². The summed E-state index contributed by atoms with van der Waals surface area (Å²) in [5, 5.41) is 0. The molecule has 0 aliphatic carbocycles. The number of halogens is 5. The van der Waals surface area contributed by atoms with Crippen LogP contribution in [0.1, 0.15) is 12.5 Å². The molecule has 0 saturated carbocycles. The van der Waals surface area contributed by atoms with Crippen molar-refractivity contribution in [2.75, 3.05) is 6.54 Å². The summed E-state index contributed by atoms with van der Waals surface area (Å²) in [7, 11) is 0. The second-order valence-corrected chi connectivity index (χ2v) is 5.59. The third-order valence-corrected chi connectivity index (χ3v) is 4.09. The third kappa shape index (κ3) is 2.55. The van der Waals surface area contributed by atoms with Crippen LogP contribution in [0.4, 0.5) is 22.0 Å². The van der Waals surface area contributed by atoms with Crippen LogP contribution in [0.5, 0.6) is 0 Å². The van der Waals surface area contributed by atoms with Gasteiger partial charge in [0.1, 0.15) is 4.32 Å². The van der Waals surface area contributed by atoms with Crippen LogP contribution < -0.4 is 0 Å². The Morgan fingerprint density at radius 3 is 1.95 bits per heavy atom. The molecule has 112 valence electrons. The fourth-order valence-corrected chi connectivity index (χ4v) is 3.02. The SMILES string of the molecule is CCN1C(=O)/C(=C/c2c(F)c(F)c(F)c(F)c2F)SC1=S. The highest BCUT2D eigenvalue weighted by Crippen LogP contribution is 2.34. The summed E-state index contributed by atoms with van der Waals surface area (Å²) in [5.41, 5.74) is -1.16. The number of rotatable bonds is 2. The Morgan fingerprint density at radius 1 is 1.05 bits per heavy atom. The zero-order valence-electron chi connectivity index (χ0n) is 10.3. The van der Waals surface area contributed by atoms with Gasteiger partial charge in [0.25, 0.3) is 5.91 Å². The first-order valence-corrected chi connectivity index (χ1v) is 6.78. The van der Waals surface area contributed by atoms with Gasteiger partial charge in [-0.2, -0.15) is 0 Å². The molecule has 2 nitrogen and oxygen atoms in total. The molecule has 0 bridgehead atoms. The van der Waals surface area contributed by atoms with Crippen molar-refractivity contribution in [3.8, 4) is 0 Å². The van der Waals surface area contributed by atoms with E-state index >= 15 is 0 Å². The molecule has 1 amide bonds. The van der Waals surface area contributed by atoms with E-state index in [9.17, 15) is 26.7 Å². The van der Waals surface area contributed by atoms with Gasteiger partial charge >= 0.3 is 0 Å². The summed E-state index contributed by atoms with van der Waals surface area (Å²) in [6.45, 7) is 1.87. The lowest BCUT2D eigenvalue weighted by atomic mass is 10.1. The summed E-state index contributed by atoms with van der Waals surface area (Å²) >= 11 is 5.61. The van der Waals surface area contributed by atoms with Crippen LogP contribution >= 0.6 is 24.0 Å². The van der Waals surface area contributed by atoms with Crippen LogP contribution in [-0.4, -0.2) is 21.7 Å². The predicted molar refractivity (Wildman–Crippen MR) is 71.8 cm³/mol. The largest absolute Gasteiger partial charge is 0.293 e. The van der Waals surface area contributed by atoms with Gasteiger partial charge in [0.05, 0.1) is 10.5 Å². The average molecular weight is 339 g/mol. The summed E-state index contributed by atoms with van der Waals surface area (Å²) < 4.78 is 66.3. The fraction of sp³-hybridized carbons (Fsp3) is 0.167. The number of hydrogen-bond donors (Lipinski definition) is 0. The summed E-state index contributed by atoms with van der Waals surface area (Å²) in [4.78, 5) is 12.8. The summed E-state index contributed by atoms with van der Waals surface area (Å²) in [6.07, 6.45) is 0.616. The number of thiocarbonyl (C=S) groups is 1. The van der Waals surface area contributed by atoms with Gasteiger partial charge in [-0.25, -0.2) is 22.0 Å². The van der Waals surface area contributed by atoms with Gasteiger partial charge in [0.15, 0.2) is 23.3 Å². The number of thioether (sulfide) groups is 1. The molecular formula is C12H6F5NOS2. The molecule has 0 unspecified atom stereocenters. The lowest BCUT2D eigenvalue weighted by Crippen LogP contribution is -2.27. The Balaban J connectivity index is 2.57. The lowest BCUT2D eigenvalue weighted by Gasteiger charge is -2.09. The Kier molecular flexibility index (Phi) is 4.33. The predicted octanol–water partition coefficient (Wildman–Crippen LogP) is 3.60. The zero-order chi connectivity index (χ0) is 15.9. The minimum atomic E-state index is -2.25. The molecule has 0 atom stereocenters. The van der Waals surface area contributed by atoms with Crippen molar-refractivity contribution in [1.82, 2.24) is 4.90 Å². The van der Waals surface area contributed by atoms with E-state index < -0.39 is 40.6 Å². The van der Waals surface area contributed by atoms with Gasteiger partial charge in [-0.1, -0.05) is 24.0 Å². The highest BCUT2D eigenvalue weighted by Gasteiger charge is 2.32. The van der Waals surface area contributed by atoms with Crippen LogP contribution in [0.3, 0.4) is 0 Å². The number of carbonyl (C=O) groups excluding carboxylic acids is 1. The molecule has 2 rings (SSSR count). The average Bonchev–Trinajstić information content (AvgIpc) is 2.73. The molecule has 0 aromatic heterocycles. The van der Waals surface area contributed by atoms with Crippen molar-refractivity contribution in [1.29, 1.82) is 0 Å². The Morgan fingerprint density at radius 2 is 1.52 bits per heavy atom. The maximum atomic E-state index is 13.5. The van der Waals surface area contributed by atoms with Gasteiger partial charge in [0.2, 0.25) is 5.82 Å². The van der Waals surface area contributed by atoms with Crippen molar-refractivity contribution in [2.24, 2.45) is 0 Å². The first-order chi connectivity index (χ1) is 9.79. The Hall–Kier alpha value is -1.48. The zero-order valence-corrected chi connectivity index (χ0v) is 12.0. The van der Waals surface area contributed by atoms with E-state index in [1.807, 2.05) is 0 Å². The molecule has 0 spiro atoms. The van der Waals surface area contributed by atoms with E-state index in [0.717, 1.165) is 16.7 Å². The van der Waals surface area contributed by atoms with E-state index in [0.29, 0.717) is 6.08 Å². The smallest absolute Gasteiger partial charge is 0.266 e. The second kappa shape index (κ2) is 5.72. The van der Waals surface area contributed by atoms with Crippen molar-refractivity contribution in [3.05, 3.63) is 39.6 Å². The van der Waals surface area contributed by atoms with E-state index in [-0.39, 0.29) is 15.8 Å². The van der Waals surface area contributed by atoms with Gasteiger partial charge in [-0.05, 0) is 13.0 Å². The molecule has 1 heterocycles. The van der Waals surface area contributed by atoms with Gasteiger partial charge < -0.3 is 0 Å². The highest BCUT2D eigenvalue weighted by atomic mass is 32.2. The van der Waals surface area contributed by atoms with Crippen LogP contribution in [-0.2, 0) is 4.79 Å². The monoisotopic (exact) mass is 339 g/mol. The fourth-order valence-electron chi connectivity index (χ4n) is 1.65. The van der Waals surface area contributed by atoms with E-state index in [4.69, 9.17) is 12.2 Å². The van der Waals surface area contributed by atoms with Gasteiger partial charge in [-0.15, -0.1) is 0 Å². The minimum Gasteiger partial charge on any atom is -0.293 e. The summed E-state index contributed by atoms with van der Waals surface area (Å²) in [6, 6.07) is 0. The van der Waals surface area contributed by atoms with E-state index in [2.05, 4.69) is 0 Å². The quantitative estimate of drug-likeness (QED) is 0.270. The maximum Gasteiger partial charge on any atom is 0.266 e. The lowest BCUT2D eigenvalue weighted by molar-refractivity contribution is -0.121. The molecule has 1 saturated heterocycles. The first kappa shape index (κ1) is 15.9. The molecule has 1 aliphatic rings. The van der Waals surface area contributed by atoms with Gasteiger partial charge in [-0.3, -0.25) is 9.69 Å². The number of likely N-dealkylation sites (N-methyl/N-ethyl adjacent to an activating group) is 1. The van der Waals surface area contributed by atoms with Crippen molar-refractivity contribution >= 4 is 40.3 Å². The number of carbonyl (C=O) groups is 1. The molecule has 21 heavy (non-hydrogen) atoms. The van der Waals surface area contributed by atoms with Gasteiger partial charge in [0, 0.05) is 6.54 Å². The third-order valence-electron chi connectivity index (χ3n) is 2.71. The molecular weight excluding hydrogens is 333 g/mol. The molecule has 1 fully saturated rings. The normalized spacial score (nSPS) is 17.2. The number of benzene rings is 1. The standard InChI is InChI=1S/C12H6F5NOS2/c1-2-18-11(19)5(21-12(18)20)3-4-6(13)8(15)10(17)9(16)7(4)14/h3H,2H2,1H3/b5-3-. The molecule has 9 heteroatoms. The minimum absolute atomic E-state index is 0.151. The van der Waals surface area contributed by atoms with Crippen molar-refractivity contribution < 1.29 is 26.7 Å². The molecule has 1 aliphatic heterocycles. The highest BCUT2D eigenvalue weighted by molar-refractivity contribution is 8.26. The van der Waals surface area contributed by atoms with Crippen LogP contribution in [0.15, 0.2) is 4.91 Å². The topological polar surface area (TPSA) is 20.3 Å². The second-order valence-electron chi connectivity index (χ2n) is 3.91. The molecule has 1 aromatic rings.